The van der Waals surface area contributed by atoms with Crippen LogP contribution in [0.2, 0.25) is 0 Å². The van der Waals surface area contributed by atoms with Crippen molar-refractivity contribution in [2.75, 3.05) is 18.6 Å². The van der Waals surface area contributed by atoms with Crippen LogP contribution in [0.4, 0.5) is 0 Å². The maximum atomic E-state index is 9.40. The molecule has 0 spiro atoms. The van der Waals surface area contributed by atoms with E-state index >= 15 is 0 Å². The van der Waals surface area contributed by atoms with Gasteiger partial charge in [0.15, 0.2) is 0 Å². The molecule has 0 aromatic rings. The smallest absolute Gasteiger partial charge is 0.119 e. The van der Waals surface area contributed by atoms with Crippen LogP contribution in [-0.2, 0) is 9.53 Å². The minimum absolute atomic E-state index is 0. The molecule has 1 N–H and O–H groups in total. The summed E-state index contributed by atoms with van der Waals surface area (Å²) in [5, 5.41) is 9.54. The van der Waals surface area contributed by atoms with Gasteiger partial charge in [0.25, 0.3) is 0 Å². The highest BCUT2D eigenvalue weighted by Crippen LogP contribution is 2.29. The van der Waals surface area contributed by atoms with E-state index in [0.29, 0.717) is 17.1 Å². The van der Waals surface area contributed by atoms with E-state index in [1.165, 1.54) is 19.3 Å². The van der Waals surface area contributed by atoms with Gasteiger partial charge >= 0.3 is 0 Å². The number of hydrogen-bond donors (Lipinski definition) is 2. The lowest BCUT2D eigenvalue weighted by Crippen LogP contribution is -2.21. The van der Waals surface area contributed by atoms with Gasteiger partial charge in [-0.15, -0.1) is 35.0 Å². The molecule has 25 heavy (non-hydrogen) atoms. The van der Waals surface area contributed by atoms with Crippen molar-refractivity contribution in [2.45, 2.75) is 89.6 Å². The molecule has 1 saturated heterocycles. The maximum Gasteiger partial charge on any atom is 0.119 e. The Bertz CT molecular complexity index is 234. The van der Waals surface area contributed by atoms with E-state index in [-0.39, 0.29) is 19.4 Å². The number of carbonyl (C=O) groups is 1. The molecule has 1 aliphatic heterocycles. The molecule has 1 fully saturated rings. The third-order valence-electron chi connectivity index (χ3n) is 2.69. The van der Waals surface area contributed by atoms with Crippen LogP contribution >= 0.6 is 47.6 Å². The molecule has 0 amide bonds. The highest BCUT2D eigenvalue weighted by molar-refractivity contribution is 8.00. The van der Waals surface area contributed by atoms with Gasteiger partial charge in [-0.25, -0.2) is 0 Å². The molecular formula is C18H40Cl2O3S2. The number of carbonyl (C=O) groups excluding carboxylic acids is 1. The van der Waals surface area contributed by atoms with Crippen molar-refractivity contribution in [1.29, 1.82) is 0 Å². The van der Waals surface area contributed by atoms with Gasteiger partial charge < -0.3 is 14.6 Å². The summed E-state index contributed by atoms with van der Waals surface area (Å²) in [6.07, 6.45) is 7.09. The first-order valence-electron chi connectivity index (χ1n) is 8.54. The minimum Gasteiger partial charge on any atom is -0.396 e. The molecule has 0 aromatic carbocycles. The van der Waals surface area contributed by atoms with Crippen molar-refractivity contribution in [2.24, 2.45) is 0 Å². The van der Waals surface area contributed by atoms with E-state index in [1.807, 2.05) is 25.6 Å². The van der Waals surface area contributed by atoms with Crippen LogP contribution in [0, 0.1) is 0 Å². The number of alkyl halides is 2. The molecule has 1 aliphatic rings. The summed E-state index contributed by atoms with van der Waals surface area (Å²) in [4.78, 5) is 9.40. The number of ether oxygens (including phenoxy) is 1. The molecular weight excluding hydrogens is 399 g/mol. The fraction of sp³-hybridized carbons (Fsp3) is 0.944. The fourth-order valence-electron chi connectivity index (χ4n) is 1.42. The lowest BCUT2D eigenvalue weighted by molar-refractivity contribution is -0.107. The number of aliphatic hydroxyl groups is 1. The standard InChI is InChI=1S/C8H16OS.C4H10OS.C4H8O.CH2Cl2.CH4/c1-3-4-8-9-6-5-7(2)10-8;1-4(6)2-3-5;1-2-3-4-5;2-1-3;/h7-8H,3-6H2,1-2H3;4-6H,2-3H2,1H3;4H,2-3H2,1H3;1H2;1H4. The number of thioether (sulfide) groups is 1. The van der Waals surface area contributed by atoms with Gasteiger partial charge in [0.1, 0.15) is 11.7 Å². The van der Waals surface area contributed by atoms with Crippen LogP contribution in [0.3, 0.4) is 0 Å². The van der Waals surface area contributed by atoms with Gasteiger partial charge in [-0.3, -0.25) is 0 Å². The van der Waals surface area contributed by atoms with Crippen LogP contribution in [-0.4, -0.2) is 45.9 Å². The van der Waals surface area contributed by atoms with E-state index in [0.717, 1.165) is 31.0 Å². The van der Waals surface area contributed by atoms with E-state index in [9.17, 15) is 4.79 Å². The second kappa shape index (κ2) is 29.6. The summed E-state index contributed by atoms with van der Waals surface area (Å²) >= 11 is 15.5. The molecule has 3 nitrogen and oxygen atoms in total. The zero-order valence-electron chi connectivity index (χ0n) is 15.5. The SMILES string of the molecule is C.CC(S)CCO.CCCC1OCCC(C)S1.CCCC=O.ClCCl. The molecule has 156 valence electrons. The first kappa shape index (κ1) is 33.5. The average molecular weight is 440 g/mol. The van der Waals surface area contributed by atoms with E-state index < -0.39 is 0 Å². The molecule has 0 aromatic heterocycles. The van der Waals surface area contributed by atoms with Crippen molar-refractivity contribution in [3.8, 4) is 0 Å². The van der Waals surface area contributed by atoms with Crippen molar-refractivity contribution in [3.05, 3.63) is 0 Å². The van der Waals surface area contributed by atoms with E-state index in [2.05, 4.69) is 26.5 Å². The molecule has 1 rings (SSSR count). The first-order valence-corrected chi connectivity index (χ1v) is 11.1. The van der Waals surface area contributed by atoms with Crippen LogP contribution < -0.4 is 0 Å². The average Bonchev–Trinajstić information content (AvgIpc) is 2.50. The number of aliphatic hydroxyl groups excluding tert-OH is 1. The molecule has 3 atom stereocenters. The number of halogens is 2. The molecule has 1 heterocycles. The second-order valence-corrected chi connectivity index (χ2v) is 8.53. The topological polar surface area (TPSA) is 46.5 Å². The highest BCUT2D eigenvalue weighted by Gasteiger charge is 2.18. The minimum atomic E-state index is 0. The van der Waals surface area contributed by atoms with E-state index in [1.54, 1.807) is 0 Å². The fourth-order valence-corrected chi connectivity index (χ4v) is 2.84. The number of rotatable bonds is 6. The molecule has 0 aliphatic carbocycles. The van der Waals surface area contributed by atoms with Crippen molar-refractivity contribution in [1.82, 2.24) is 0 Å². The summed E-state index contributed by atoms with van der Waals surface area (Å²) in [5.41, 5.74) is 0.494. The quantitative estimate of drug-likeness (QED) is 0.286. The van der Waals surface area contributed by atoms with Crippen LogP contribution in [0.15, 0.2) is 0 Å². The van der Waals surface area contributed by atoms with Crippen molar-refractivity contribution in [3.63, 3.8) is 0 Å². The first-order chi connectivity index (χ1) is 11.4. The van der Waals surface area contributed by atoms with Crippen LogP contribution in [0.1, 0.15) is 73.6 Å². The Balaban J connectivity index is -0.000000128. The maximum absolute atomic E-state index is 9.40. The zero-order chi connectivity index (χ0) is 19.2. The number of aldehydes is 1. The summed E-state index contributed by atoms with van der Waals surface area (Å²) in [7, 11) is 0. The van der Waals surface area contributed by atoms with Gasteiger partial charge in [-0.2, -0.15) is 12.6 Å². The lowest BCUT2D eigenvalue weighted by atomic mass is 10.3. The predicted octanol–water partition coefficient (Wildman–Crippen LogP) is 6.38. The molecule has 7 heteroatoms. The Morgan fingerprint density at radius 3 is 2.16 bits per heavy atom. The van der Waals surface area contributed by atoms with Gasteiger partial charge in [-0.05, 0) is 25.7 Å². The van der Waals surface area contributed by atoms with Gasteiger partial charge in [0.05, 0.1) is 5.34 Å². The Labute approximate surface area is 176 Å². The monoisotopic (exact) mass is 438 g/mol. The molecule has 0 radical (unpaired) electrons. The zero-order valence-corrected chi connectivity index (χ0v) is 18.8. The summed E-state index contributed by atoms with van der Waals surface area (Å²) in [6, 6.07) is 0. The summed E-state index contributed by atoms with van der Waals surface area (Å²) in [6.45, 7) is 9.66. The third kappa shape index (κ3) is 36.5. The van der Waals surface area contributed by atoms with Crippen molar-refractivity contribution >= 4 is 53.9 Å². The van der Waals surface area contributed by atoms with Crippen molar-refractivity contribution < 1.29 is 14.6 Å². The Morgan fingerprint density at radius 1 is 1.36 bits per heavy atom. The predicted molar refractivity (Wildman–Crippen MR) is 121 cm³/mol. The van der Waals surface area contributed by atoms with Crippen LogP contribution in [0.5, 0.6) is 0 Å². The van der Waals surface area contributed by atoms with Gasteiger partial charge in [0.2, 0.25) is 0 Å². The molecule has 0 bridgehead atoms. The summed E-state index contributed by atoms with van der Waals surface area (Å²) < 4.78 is 5.55. The normalized spacial score (nSPS) is 19.4. The van der Waals surface area contributed by atoms with Crippen LogP contribution in [0.25, 0.3) is 0 Å². The Hall–Kier alpha value is 0.870. The number of hydrogen-bond acceptors (Lipinski definition) is 5. The Kier molecular flexibility index (Phi) is 39.6. The van der Waals surface area contributed by atoms with E-state index in [4.69, 9.17) is 33.0 Å². The lowest BCUT2D eigenvalue weighted by Gasteiger charge is -2.26. The van der Waals surface area contributed by atoms with Gasteiger partial charge in [0, 0.05) is 30.1 Å². The molecule has 0 saturated carbocycles. The Morgan fingerprint density at radius 2 is 1.92 bits per heavy atom. The third-order valence-corrected chi connectivity index (χ3v) is 4.32. The highest BCUT2D eigenvalue weighted by atomic mass is 35.5. The largest absolute Gasteiger partial charge is 0.396 e. The second-order valence-electron chi connectivity index (χ2n) is 5.24. The summed E-state index contributed by atoms with van der Waals surface area (Å²) in [5.74, 6) is 0. The molecule has 3 unspecified atom stereocenters. The number of thiol groups is 1. The van der Waals surface area contributed by atoms with Gasteiger partial charge in [-0.1, -0.05) is 41.5 Å². The number of unbranched alkanes of at least 4 members (excludes halogenated alkanes) is 1.